The zero-order valence-corrected chi connectivity index (χ0v) is 31.1. The van der Waals surface area contributed by atoms with Gasteiger partial charge in [0.05, 0.1) is 5.69 Å². The van der Waals surface area contributed by atoms with Crippen molar-refractivity contribution in [3.05, 3.63) is 137 Å². The van der Waals surface area contributed by atoms with Crippen LogP contribution in [0.4, 0.5) is 0 Å². The van der Waals surface area contributed by atoms with E-state index in [1.807, 2.05) is 22.9 Å². The van der Waals surface area contributed by atoms with Crippen molar-refractivity contribution in [1.29, 1.82) is 0 Å². The third kappa shape index (κ3) is 5.92. The smallest absolute Gasteiger partial charge is 0.0678 e. The van der Waals surface area contributed by atoms with Crippen LogP contribution in [0, 0.1) is 45.9 Å². The summed E-state index contributed by atoms with van der Waals surface area (Å²) in [4.78, 5) is 0. The number of para-hydroxylation sites is 1. The maximum atomic E-state index is 6.53. The minimum Gasteiger partial charge on any atom is -0.509 e. The molecule has 0 aliphatic heterocycles. The molecule has 0 N–H and O–H groups in total. The van der Waals surface area contributed by atoms with Gasteiger partial charge >= 0.3 is 0 Å². The number of hydrogen-bond donors (Lipinski definition) is 0. The molecule has 2 aromatic heterocycles. The van der Waals surface area contributed by atoms with E-state index in [-0.39, 0.29) is 21.1 Å². The number of aromatic nitrogens is 3. The van der Waals surface area contributed by atoms with Gasteiger partial charge in [0.2, 0.25) is 0 Å². The predicted molar refractivity (Wildman–Crippen MR) is 193 cm³/mol. The van der Waals surface area contributed by atoms with E-state index < -0.39 is 0 Å². The summed E-state index contributed by atoms with van der Waals surface area (Å²) in [5.74, 6) is 2.04. The molecule has 2 heterocycles. The van der Waals surface area contributed by atoms with Gasteiger partial charge in [-0.25, -0.2) is 0 Å². The summed E-state index contributed by atoms with van der Waals surface area (Å²) in [6.07, 6.45) is 0. The van der Waals surface area contributed by atoms with E-state index in [1.165, 1.54) is 33.2 Å². The summed E-state index contributed by atoms with van der Waals surface area (Å²) in [6, 6.07) is 40.2. The van der Waals surface area contributed by atoms with Crippen molar-refractivity contribution < 1.29 is 25.8 Å². The number of fused-ring (bicyclic) bond motifs is 3. The van der Waals surface area contributed by atoms with Crippen LogP contribution in [0.25, 0.3) is 44.3 Å². The first kappa shape index (κ1) is 33.5. The number of hydrogen-bond acceptors (Lipinski definition) is 2. The number of aryl methyl sites for hydroxylation is 3. The first-order valence-electron chi connectivity index (χ1n) is 16.5. The van der Waals surface area contributed by atoms with Gasteiger partial charge in [-0.1, -0.05) is 89.1 Å². The van der Waals surface area contributed by atoms with Gasteiger partial charge in [-0.15, -0.1) is 41.8 Å². The summed E-state index contributed by atoms with van der Waals surface area (Å²) in [7, 11) is 0. The second-order valence-corrected chi connectivity index (χ2v) is 13.3. The fraction of sp³-hybridized carbons (Fsp3) is 0.233. The van der Waals surface area contributed by atoms with Crippen molar-refractivity contribution >= 4 is 21.8 Å². The fourth-order valence-electron chi connectivity index (χ4n) is 6.91. The molecule has 0 aliphatic rings. The number of rotatable bonds is 7. The minimum absolute atomic E-state index is 0. The molecule has 5 heteroatoms. The SMILES string of the molecule is Cc1cc(Oc2[c-]c3c(cc2)c2ccccc2n3-c2[c-]ccc(C)c2)[c-]c(-n2nc(C)c(-c3c(C(C)C)cccc3C(C)C)c2C)c1.[Pt]. The molecule has 0 unspecified atom stereocenters. The van der Waals surface area contributed by atoms with E-state index in [1.54, 1.807) is 0 Å². The molecule has 0 spiro atoms. The molecule has 0 atom stereocenters. The molecule has 4 nitrogen and oxygen atoms in total. The Kier molecular flexibility index (Phi) is 9.24. The summed E-state index contributed by atoms with van der Waals surface area (Å²) in [5.41, 5.74) is 13.5. The summed E-state index contributed by atoms with van der Waals surface area (Å²) in [6.45, 7) is 17.5. The van der Waals surface area contributed by atoms with Crippen LogP contribution in [-0.4, -0.2) is 14.3 Å². The van der Waals surface area contributed by atoms with Crippen molar-refractivity contribution in [2.24, 2.45) is 0 Å². The molecule has 0 radical (unpaired) electrons. The molecule has 48 heavy (non-hydrogen) atoms. The first-order valence-corrected chi connectivity index (χ1v) is 16.5. The standard InChI is InChI=1S/C43H40N3O.Pt/c1-26(2)36-16-12-17-37(27(3)4)43(36)42-30(7)44-46(31(42)8)33-22-29(6)23-35(24-33)47-34-19-20-39-38-15-9-10-18-40(38)45(41(39)25-34)32-14-11-13-28(5)21-32;/h9-13,15-23,26-27H,1-8H3;/q-3;. The zero-order valence-electron chi connectivity index (χ0n) is 28.8. The van der Waals surface area contributed by atoms with Gasteiger partial charge in [0.15, 0.2) is 0 Å². The van der Waals surface area contributed by atoms with Crippen molar-refractivity contribution in [2.45, 2.75) is 67.2 Å². The van der Waals surface area contributed by atoms with Crippen LogP contribution < -0.4 is 4.74 Å². The molecule has 0 saturated heterocycles. The fourth-order valence-corrected chi connectivity index (χ4v) is 6.91. The number of nitrogens with zero attached hydrogens (tertiary/aromatic N) is 3. The maximum absolute atomic E-state index is 6.53. The molecule has 0 saturated carbocycles. The summed E-state index contributed by atoms with van der Waals surface area (Å²) < 4.78 is 10.8. The summed E-state index contributed by atoms with van der Waals surface area (Å²) >= 11 is 0. The second kappa shape index (κ2) is 13.2. The Balaban J connectivity index is 0.00000401. The van der Waals surface area contributed by atoms with Gasteiger partial charge in [-0.3, -0.25) is 4.68 Å². The average Bonchev–Trinajstić information content (AvgIpc) is 3.52. The van der Waals surface area contributed by atoms with Crippen molar-refractivity contribution in [3.8, 4) is 34.0 Å². The molecule has 0 aliphatic carbocycles. The second-order valence-electron chi connectivity index (χ2n) is 13.3. The molecule has 7 aromatic rings. The van der Waals surface area contributed by atoms with E-state index in [0.717, 1.165) is 44.7 Å². The van der Waals surface area contributed by atoms with Crippen LogP contribution in [0.3, 0.4) is 0 Å². The molecular formula is C43H40N3OPt-3. The topological polar surface area (TPSA) is 32.0 Å². The Morgan fingerprint density at radius 2 is 1.38 bits per heavy atom. The largest absolute Gasteiger partial charge is 0.509 e. The van der Waals surface area contributed by atoms with Crippen LogP contribution in [0.2, 0.25) is 0 Å². The van der Waals surface area contributed by atoms with Gasteiger partial charge in [0, 0.05) is 49.3 Å². The van der Waals surface area contributed by atoms with Crippen LogP contribution >= 0.6 is 0 Å². The molecule has 0 bridgehead atoms. The van der Waals surface area contributed by atoms with Crippen molar-refractivity contribution in [3.63, 3.8) is 0 Å². The first-order chi connectivity index (χ1) is 22.6. The van der Waals surface area contributed by atoms with E-state index in [4.69, 9.17) is 9.84 Å². The third-order valence-corrected chi connectivity index (χ3v) is 9.08. The Morgan fingerprint density at radius 3 is 2.08 bits per heavy atom. The van der Waals surface area contributed by atoms with Crippen molar-refractivity contribution in [2.75, 3.05) is 0 Å². The van der Waals surface area contributed by atoms with E-state index in [2.05, 4.69) is 145 Å². The molecular weight excluding hydrogens is 770 g/mol. The normalized spacial score (nSPS) is 11.5. The quantitative estimate of drug-likeness (QED) is 0.150. The predicted octanol–water partition coefficient (Wildman–Crippen LogP) is 11.3. The van der Waals surface area contributed by atoms with Gasteiger partial charge in [0.25, 0.3) is 0 Å². The van der Waals surface area contributed by atoms with Gasteiger partial charge in [0.1, 0.15) is 0 Å². The van der Waals surface area contributed by atoms with Gasteiger partial charge in [-0.2, -0.15) is 40.5 Å². The molecule has 5 aromatic carbocycles. The molecule has 246 valence electrons. The van der Waals surface area contributed by atoms with Crippen LogP contribution in [-0.2, 0) is 21.1 Å². The van der Waals surface area contributed by atoms with E-state index in [9.17, 15) is 0 Å². The van der Waals surface area contributed by atoms with Crippen LogP contribution in [0.5, 0.6) is 11.5 Å². The van der Waals surface area contributed by atoms with Crippen molar-refractivity contribution in [1.82, 2.24) is 14.3 Å². The number of benzene rings is 5. The van der Waals surface area contributed by atoms with E-state index >= 15 is 0 Å². The zero-order chi connectivity index (χ0) is 33.0. The monoisotopic (exact) mass is 809 g/mol. The van der Waals surface area contributed by atoms with Crippen LogP contribution in [0.1, 0.15) is 73.2 Å². The van der Waals surface area contributed by atoms with Gasteiger partial charge in [-0.05, 0) is 59.5 Å². The molecule has 0 fully saturated rings. The van der Waals surface area contributed by atoms with Crippen LogP contribution in [0.15, 0.2) is 84.9 Å². The third-order valence-electron chi connectivity index (χ3n) is 9.08. The Morgan fingerprint density at radius 1 is 0.667 bits per heavy atom. The molecule has 0 amide bonds. The van der Waals surface area contributed by atoms with E-state index in [0.29, 0.717) is 23.3 Å². The Labute approximate surface area is 298 Å². The van der Waals surface area contributed by atoms with Gasteiger partial charge < -0.3 is 9.30 Å². The molecule has 7 rings (SSSR count). The number of ether oxygens (including phenoxy) is 1. The maximum Gasteiger partial charge on any atom is 0.0678 e. The average molecular weight is 810 g/mol. The minimum atomic E-state index is 0. The Bertz CT molecular complexity index is 2260. The Hall–Kier alpha value is -4.40. The summed E-state index contributed by atoms with van der Waals surface area (Å²) in [5, 5.41) is 7.37.